The molecule has 2 heterocycles. The lowest BCUT2D eigenvalue weighted by atomic mass is 9.98. The van der Waals surface area contributed by atoms with Gasteiger partial charge < -0.3 is 19.6 Å². The fraction of sp³-hybridized carbons (Fsp3) is 0.696. The molecule has 3 atom stereocenters. The largest absolute Gasteiger partial charge is 0.463 e. The van der Waals surface area contributed by atoms with Crippen molar-refractivity contribution in [3.8, 4) is 0 Å². The molecule has 2 rings (SSSR count). The third-order valence-corrected chi connectivity index (χ3v) is 6.02. The van der Waals surface area contributed by atoms with Crippen LogP contribution in [0.2, 0.25) is 0 Å². The van der Waals surface area contributed by atoms with Crippen molar-refractivity contribution in [2.24, 2.45) is 5.92 Å². The van der Waals surface area contributed by atoms with Crippen LogP contribution < -0.4 is 0 Å². The molecule has 7 heteroatoms. The van der Waals surface area contributed by atoms with E-state index in [4.69, 9.17) is 4.74 Å². The Kier molecular flexibility index (Phi) is 10.1. The van der Waals surface area contributed by atoms with Gasteiger partial charge in [-0.25, -0.2) is 0 Å². The first kappa shape index (κ1) is 24.1. The third kappa shape index (κ3) is 6.69. The number of hydrogen-bond acceptors (Lipinski definition) is 5. The van der Waals surface area contributed by atoms with Gasteiger partial charge in [0, 0.05) is 25.9 Å². The second kappa shape index (κ2) is 12.5. The van der Waals surface area contributed by atoms with E-state index in [-0.39, 0.29) is 49.5 Å². The first-order valence-corrected chi connectivity index (χ1v) is 11.1. The summed E-state index contributed by atoms with van der Waals surface area (Å²) in [6.07, 6.45) is 9.15. The van der Waals surface area contributed by atoms with Crippen LogP contribution in [0.15, 0.2) is 25.3 Å². The summed E-state index contributed by atoms with van der Waals surface area (Å²) in [6.45, 7) is 8.79. The number of esters is 1. The number of aliphatic hydroxyl groups is 1. The SMILES string of the molecule is C=CCCCC(=O)OC[C@@H]1CCCN1C(=O)[C@H](CC=C)CC(=O)N1CCC[C@H]1CO. The molecule has 2 aliphatic rings. The molecule has 0 saturated carbocycles. The molecule has 0 spiro atoms. The van der Waals surface area contributed by atoms with Crippen molar-refractivity contribution in [3.05, 3.63) is 25.3 Å². The predicted octanol–water partition coefficient (Wildman–Crippen LogP) is 2.44. The zero-order valence-electron chi connectivity index (χ0n) is 18.0. The predicted molar refractivity (Wildman–Crippen MR) is 114 cm³/mol. The van der Waals surface area contributed by atoms with Gasteiger partial charge in [0.1, 0.15) is 6.61 Å². The van der Waals surface area contributed by atoms with Crippen LogP contribution in [0.5, 0.6) is 0 Å². The molecule has 0 aliphatic carbocycles. The molecule has 1 N–H and O–H groups in total. The number of amides is 2. The monoisotopic (exact) mass is 420 g/mol. The Morgan fingerprint density at radius 2 is 1.77 bits per heavy atom. The summed E-state index contributed by atoms with van der Waals surface area (Å²) < 4.78 is 5.39. The minimum atomic E-state index is -0.473. The molecule has 2 fully saturated rings. The summed E-state index contributed by atoms with van der Waals surface area (Å²) >= 11 is 0. The summed E-state index contributed by atoms with van der Waals surface area (Å²) in [6, 6.07) is -0.280. The molecule has 2 amide bonds. The maximum atomic E-state index is 13.2. The van der Waals surface area contributed by atoms with Gasteiger partial charge in [-0.1, -0.05) is 12.2 Å². The molecule has 168 valence electrons. The van der Waals surface area contributed by atoms with Gasteiger partial charge in [-0.05, 0) is 44.9 Å². The van der Waals surface area contributed by atoms with Crippen molar-refractivity contribution in [3.63, 3.8) is 0 Å². The van der Waals surface area contributed by atoms with Crippen molar-refractivity contribution in [1.82, 2.24) is 9.80 Å². The summed E-state index contributed by atoms with van der Waals surface area (Å²) in [5.41, 5.74) is 0. The number of allylic oxidation sites excluding steroid dienone is 2. The maximum absolute atomic E-state index is 13.2. The molecule has 30 heavy (non-hydrogen) atoms. The highest BCUT2D eigenvalue weighted by Crippen LogP contribution is 2.26. The van der Waals surface area contributed by atoms with E-state index in [1.54, 1.807) is 22.0 Å². The number of unbranched alkanes of at least 4 members (excludes halogenated alkanes) is 1. The molecule has 0 aromatic rings. The quantitative estimate of drug-likeness (QED) is 0.298. The first-order valence-electron chi connectivity index (χ1n) is 11.1. The Labute approximate surface area is 179 Å². The summed E-state index contributed by atoms with van der Waals surface area (Å²) in [5.74, 6) is -0.888. The molecule has 7 nitrogen and oxygen atoms in total. The van der Waals surface area contributed by atoms with Crippen molar-refractivity contribution in [2.45, 2.75) is 69.9 Å². The van der Waals surface area contributed by atoms with E-state index >= 15 is 0 Å². The molecule has 2 aliphatic heterocycles. The molecule has 0 unspecified atom stereocenters. The zero-order valence-corrected chi connectivity index (χ0v) is 18.0. The van der Waals surface area contributed by atoms with Gasteiger partial charge in [-0.15, -0.1) is 13.2 Å². The van der Waals surface area contributed by atoms with Crippen LogP contribution >= 0.6 is 0 Å². The number of carbonyl (C=O) groups excluding carboxylic acids is 3. The second-order valence-corrected chi connectivity index (χ2v) is 8.18. The average molecular weight is 421 g/mol. The van der Waals surface area contributed by atoms with Gasteiger partial charge in [-0.2, -0.15) is 0 Å². The second-order valence-electron chi connectivity index (χ2n) is 8.18. The average Bonchev–Trinajstić information content (AvgIpc) is 3.40. The van der Waals surface area contributed by atoms with E-state index in [0.29, 0.717) is 32.4 Å². The van der Waals surface area contributed by atoms with E-state index in [1.165, 1.54) is 0 Å². The van der Waals surface area contributed by atoms with Gasteiger partial charge >= 0.3 is 5.97 Å². The number of carbonyl (C=O) groups is 3. The first-order chi connectivity index (χ1) is 14.5. The van der Waals surface area contributed by atoms with Crippen LogP contribution in [0.4, 0.5) is 0 Å². The number of ether oxygens (including phenoxy) is 1. The smallest absolute Gasteiger partial charge is 0.305 e. The highest BCUT2D eigenvalue weighted by molar-refractivity contribution is 5.86. The number of likely N-dealkylation sites (tertiary alicyclic amines) is 2. The minimum Gasteiger partial charge on any atom is -0.463 e. The lowest BCUT2D eigenvalue weighted by Crippen LogP contribution is -2.44. The van der Waals surface area contributed by atoms with Crippen LogP contribution in [-0.4, -0.2) is 71.1 Å². The fourth-order valence-corrected chi connectivity index (χ4v) is 4.34. The maximum Gasteiger partial charge on any atom is 0.305 e. The van der Waals surface area contributed by atoms with E-state index in [1.807, 2.05) is 0 Å². The van der Waals surface area contributed by atoms with Crippen LogP contribution in [0.3, 0.4) is 0 Å². The molecular formula is C23H36N2O5. The molecule has 0 aromatic heterocycles. The molecule has 0 aromatic carbocycles. The Hall–Kier alpha value is -2.15. The van der Waals surface area contributed by atoms with Crippen LogP contribution in [0.25, 0.3) is 0 Å². The van der Waals surface area contributed by atoms with E-state index in [2.05, 4.69) is 13.2 Å². The molecular weight excluding hydrogens is 384 g/mol. The van der Waals surface area contributed by atoms with Gasteiger partial charge in [0.05, 0.1) is 24.6 Å². The minimum absolute atomic E-state index is 0.0435. The van der Waals surface area contributed by atoms with Crippen molar-refractivity contribution >= 4 is 17.8 Å². The van der Waals surface area contributed by atoms with Crippen molar-refractivity contribution in [2.75, 3.05) is 26.3 Å². The number of rotatable bonds is 12. The van der Waals surface area contributed by atoms with Gasteiger partial charge in [0.25, 0.3) is 0 Å². The van der Waals surface area contributed by atoms with Crippen molar-refractivity contribution in [1.29, 1.82) is 0 Å². The lowest BCUT2D eigenvalue weighted by Gasteiger charge is -2.30. The summed E-state index contributed by atoms with van der Waals surface area (Å²) in [7, 11) is 0. The van der Waals surface area contributed by atoms with Crippen LogP contribution in [0, 0.1) is 5.92 Å². The summed E-state index contributed by atoms with van der Waals surface area (Å²) in [4.78, 5) is 41.4. The summed E-state index contributed by atoms with van der Waals surface area (Å²) in [5, 5.41) is 9.48. The highest BCUT2D eigenvalue weighted by atomic mass is 16.5. The van der Waals surface area contributed by atoms with Gasteiger partial charge in [-0.3, -0.25) is 14.4 Å². The Morgan fingerprint density at radius 1 is 1.07 bits per heavy atom. The van der Waals surface area contributed by atoms with E-state index in [9.17, 15) is 19.5 Å². The zero-order chi connectivity index (χ0) is 21.9. The molecule has 0 bridgehead atoms. The topological polar surface area (TPSA) is 87.2 Å². The Balaban J connectivity index is 1.92. The molecule has 0 radical (unpaired) electrons. The van der Waals surface area contributed by atoms with Crippen LogP contribution in [0.1, 0.15) is 57.8 Å². The van der Waals surface area contributed by atoms with Crippen LogP contribution in [-0.2, 0) is 19.1 Å². The van der Waals surface area contributed by atoms with E-state index in [0.717, 1.165) is 32.1 Å². The standard InChI is InChI=1S/C23H36N2O5/c1-3-5-6-12-22(28)30-17-20-11-8-14-25(20)23(29)18(9-4-2)15-21(27)24-13-7-10-19(24)16-26/h3-4,18-20,26H,1-2,5-17H2/t18-,19+,20+/m1/s1. The van der Waals surface area contributed by atoms with E-state index < -0.39 is 5.92 Å². The van der Waals surface area contributed by atoms with Gasteiger partial charge in [0.15, 0.2) is 0 Å². The number of aliphatic hydroxyl groups excluding tert-OH is 1. The van der Waals surface area contributed by atoms with Gasteiger partial charge in [0.2, 0.25) is 11.8 Å². The van der Waals surface area contributed by atoms with Crippen molar-refractivity contribution < 1.29 is 24.2 Å². The molecule has 2 saturated heterocycles. The number of hydrogen-bond donors (Lipinski definition) is 1. The third-order valence-electron chi connectivity index (χ3n) is 6.02. The Morgan fingerprint density at radius 3 is 2.43 bits per heavy atom. The fourth-order valence-electron chi connectivity index (χ4n) is 4.34. The lowest BCUT2D eigenvalue weighted by molar-refractivity contribution is -0.149. The Bertz CT molecular complexity index is 621. The number of nitrogens with zero attached hydrogens (tertiary/aromatic N) is 2. The normalized spacial score (nSPS) is 22.0. The highest BCUT2D eigenvalue weighted by Gasteiger charge is 2.36.